The SMILES string of the molecule is S=C1NN=C2CCCC2C2(CCCC2)N1. The first kappa shape index (κ1) is 9.58. The lowest BCUT2D eigenvalue weighted by Gasteiger charge is -2.35. The van der Waals surface area contributed by atoms with Gasteiger partial charge in [0.2, 0.25) is 0 Å². The van der Waals surface area contributed by atoms with Crippen LogP contribution in [0.3, 0.4) is 0 Å². The maximum atomic E-state index is 5.25. The molecular formula is C11H17N3S. The number of nitrogens with one attached hydrogen (secondary N) is 2. The molecule has 15 heavy (non-hydrogen) atoms. The van der Waals surface area contributed by atoms with E-state index in [2.05, 4.69) is 15.8 Å². The molecule has 3 rings (SSSR count). The lowest BCUT2D eigenvalue weighted by molar-refractivity contribution is 0.307. The van der Waals surface area contributed by atoms with Gasteiger partial charge in [0.15, 0.2) is 5.11 Å². The van der Waals surface area contributed by atoms with E-state index in [1.807, 2.05) is 0 Å². The molecule has 0 saturated heterocycles. The van der Waals surface area contributed by atoms with Crippen LogP contribution in [0.2, 0.25) is 0 Å². The van der Waals surface area contributed by atoms with E-state index in [0.29, 0.717) is 5.92 Å². The van der Waals surface area contributed by atoms with Crippen molar-refractivity contribution in [2.24, 2.45) is 11.0 Å². The predicted octanol–water partition coefficient (Wildman–Crippen LogP) is 1.93. The molecule has 2 fully saturated rings. The highest BCUT2D eigenvalue weighted by atomic mass is 32.1. The van der Waals surface area contributed by atoms with Gasteiger partial charge in [-0.3, -0.25) is 5.43 Å². The fourth-order valence-electron chi connectivity index (χ4n) is 3.50. The minimum atomic E-state index is 0.246. The van der Waals surface area contributed by atoms with Gasteiger partial charge in [0, 0.05) is 17.2 Å². The Morgan fingerprint density at radius 2 is 2.07 bits per heavy atom. The van der Waals surface area contributed by atoms with Crippen molar-refractivity contribution in [1.82, 2.24) is 10.7 Å². The van der Waals surface area contributed by atoms with Crippen LogP contribution in [0.25, 0.3) is 0 Å². The third kappa shape index (κ3) is 1.46. The van der Waals surface area contributed by atoms with Crippen molar-refractivity contribution in [3.8, 4) is 0 Å². The van der Waals surface area contributed by atoms with E-state index in [1.54, 1.807) is 0 Å². The van der Waals surface area contributed by atoms with Gasteiger partial charge in [0.1, 0.15) is 0 Å². The van der Waals surface area contributed by atoms with Crippen molar-refractivity contribution >= 4 is 23.0 Å². The summed E-state index contributed by atoms with van der Waals surface area (Å²) in [6.07, 6.45) is 8.93. The summed E-state index contributed by atoms with van der Waals surface area (Å²) >= 11 is 5.25. The molecule has 1 atom stereocenters. The summed E-state index contributed by atoms with van der Waals surface area (Å²) in [4.78, 5) is 0. The molecule has 2 aliphatic carbocycles. The molecule has 0 amide bonds. The number of rotatable bonds is 0. The summed E-state index contributed by atoms with van der Waals surface area (Å²) in [5, 5.41) is 8.70. The number of nitrogens with zero attached hydrogens (tertiary/aromatic N) is 1. The zero-order valence-corrected chi connectivity index (χ0v) is 9.70. The van der Waals surface area contributed by atoms with E-state index >= 15 is 0 Å². The van der Waals surface area contributed by atoms with Gasteiger partial charge in [-0.05, 0) is 44.3 Å². The largest absolute Gasteiger partial charge is 0.355 e. The van der Waals surface area contributed by atoms with Crippen LogP contribution in [0.1, 0.15) is 44.9 Å². The smallest absolute Gasteiger partial charge is 0.187 e. The summed E-state index contributed by atoms with van der Waals surface area (Å²) in [5.41, 5.74) is 4.57. The summed E-state index contributed by atoms with van der Waals surface area (Å²) in [6, 6.07) is 0. The van der Waals surface area contributed by atoms with E-state index in [1.165, 1.54) is 44.2 Å². The summed E-state index contributed by atoms with van der Waals surface area (Å²) in [5.74, 6) is 0.632. The van der Waals surface area contributed by atoms with Gasteiger partial charge in [0.05, 0.1) is 0 Å². The molecule has 4 heteroatoms. The molecule has 0 aromatic carbocycles. The second-order valence-corrected chi connectivity index (χ2v) is 5.39. The van der Waals surface area contributed by atoms with E-state index in [0.717, 1.165) is 11.5 Å². The molecule has 2 saturated carbocycles. The van der Waals surface area contributed by atoms with Gasteiger partial charge in [-0.2, -0.15) is 5.10 Å². The lowest BCUT2D eigenvalue weighted by Crippen LogP contribution is -2.52. The first-order chi connectivity index (χ1) is 7.30. The van der Waals surface area contributed by atoms with Gasteiger partial charge >= 0.3 is 0 Å². The number of hydrazone groups is 1. The highest BCUT2D eigenvalue weighted by Crippen LogP contribution is 2.43. The van der Waals surface area contributed by atoms with E-state index in [9.17, 15) is 0 Å². The first-order valence-electron chi connectivity index (χ1n) is 5.95. The van der Waals surface area contributed by atoms with Crippen LogP contribution >= 0.6 is 12.2 Å². The zero-order chi connectivity index (χ0) is 10.3. The second kappa shape index (κ2) is 3.44. The highest BCUT2D eigenvalue weighted by molar-refractivity contribution is 7.80. The molecule has 82 valence electrons. The summed E-state index contributed by atoms with van der Waals surface area (Å²) in [7, 11) is 0. The van der Waals surface area contributed by atoms with Crippen LogP contribution in [0.4, 0.5) is 0 Å². The number of hydrogen-bond acceptors (Lipinski definition) is 2. The normalized spacial score (nSPS) is 32.9. The van der Waals surface area contributed by atoms with Crippen LogP contribution in [-0.2, 0) is 0 Å². The second-order valence-electron chi connectivity index (χ2n) is 4.98. The Bertz CT molecular complexity index is 318. The first-order valence-corrected chi connectivity index (χ1v) is 6.36. The Hall–Kier alpha value is -0.640. The average Bonchev–Trinajstić information content (AvgIpc) is 2.80. The van der Waals surface area contributed by atoms with Gasteiger partial charge < -0.3 is 5.32 Å². The Labute approximate surface area is 95.7 Å². The Morgan fingerprint density at radius 1 is 1.27 bits per heavy atom. The lowest BCUT2D eigenvalue weighted by atomic mass is 9.80. The Morgan fingerprint density at radius 3 is 2.87 bits per heavy atom. The van der Waals surface area contributed by atoms with Crippen molar-refractivity contribution in [2.45, 2.75) is 50.5 Å². The van der Waals surface area contributed by atoms with Crippen molar-refractivity contribution in [3.05, 3.63) is 0 Å². The molecule has 1 spiro atoms. The maximum absolute atomic E-state index is 5.25. The Kier molecular flexibility index (Phi) is 2.20. The standard InChI is InChI=1S/C11H17N3S/c15-10-12-11(6-1-2-7-11)8-4-3-5-9(8)13-14-10/h8H,1-7H2,(H2,12,14,15). The predicted molar refractivity (Wildman–Crippen MR) is 64.8 cm³/mol. The van der Waals surface area contributed by atoms with E-state index in [-0.39, 0.29) is 5.54 Å². The molecule has 1 heterocycles. The molecule has 1 aliphatic heterocycles. The van der Waals surface area contributed by atoms with Gasteiger partial charge in [-0.1, -0.05) is 12.8 Å². The van der Waals surface area contributed by atoms with Crippen molar-refractivity contribution < 1.29 is 0 Å². The van der Waals surface area contributed by atoms with Crippen LogP contribution in [0.5, 0.6) is 0 Å². The number of thiocarbonyl (C=S) groups is 1. The van der Waals surface area contributed by atoms with Crippen LogP contribution in [0, 0.1) is 5.92 Å². The fraction of sp³-hybridized carbons (Fsp3) is 0.818. The quantitative estimate of drug-likeness (QED) is 0.616. The van der Waals surface area contributed by atoms with Crippen molar-refractivity contribution in [1.29, 1.82) is 0 Å². The zero-order valence-electron chi connectivity index (χ0n) is 8.88. The molecular weight excluding hydrogens is 206 g/mol. The molecule has 0 aromatic heterocycles. The fourth-order valence-corrected chi connectivity index (χ4v) is 3.75. The monoisotopic (exact) mass is 223 g/mol. The van der Waals surface area contributed by atoms with Crippen LogP contribution in [-0.4, -0.2) is 16.4 Å². The third-order valence-electron chi connectivity index (χ3n) is 4.15. The molecule has 0 bridgehead atoms. The molecule has 0 aromatic rings. The van der Waals surface area contributed by atoms with E-state index in [4.69, 9.17) is 12.2 Å². The maximum Gasteiger partial charge on any atom is 0.187 e. The van der Waals surface area contributed by atoms with Gasteiger partial charge in [-0.15, -0.1) is 0 Å². The molecule has 3 nitrogen and oxygen atoms in total. The minimum absolute atomic E-state index is 0.246. The number of hydrogen-bond donors (Lipinski definition) is 2. The summed E-state index contributed by atoms with van der Waals surface area (Å²) < 4.78 is 0. The number of fused-ring (bicyclic) bond motifs is 2. The molecule has 1 unspecified atom stereocenters. The molecule has 2 N–H and O–H groups in total. The Balaban J connectivity index is 1.97. The highest BCUT2D eigenvalue weighted by Gasteiger charge is 2.46. The minimum Gasteiger partial charge on any atom is -0.355 e. The van der Waals surface area contributed by atoms with E-state index < -0.39 is 0 Å². The topological polar surface area (TPSA) is 36.4 Å². The molecule has 3 aliphatic rings. The van der Waals surface area contributed by atoms with Gasteiger partial charge in [-0.25, -0.2) is 0 Å². The summed E-state index contributed by atoms with van der Waals surface area (Å²) in [6.45, 7) is 0. The molecule has 0 radical (unpaired) electrons. The van der Waals surface area contributed by atoms with Crippen LogP contribution < -0.4 is 10.7 Å². The average molecular weight is 223 g/mol. The van der Waals surface area contributed by atoms with Gasteiger partial charge in [0.25, 0.3) is 0 Å². The third-order valence-corrected chi connectivity index (χ3v) is 4.35. The van der Waals surface area contributed by atoms with Crippen molar-refractivity contribution in [3.63, 3.8) is 0 Å². The van der Waals surface area contributed by atoms with Crippen LogP contribution in [0.15, 0.2) is 5.10 Å². The van der Waals surface area contributed by atoms with Crippen molar-refractivity contribution in [2.75, 3.05) is 0 Å².